The molecule has 0 aliphatic heterocycles. The maximum atomic E-state index is 10.6. The van der Waals surface area contributed by atoms with Gasteiger partial charge in [0.15, 0.2) is 0 Å². The Morgan fingerprint density at radius 1 is 1.33 bits per heavy atom. The van der Waals surface area contributed by atoms with Gasteiger partial charge < -0.3 is 10.3 Å². The first-order valence-corrected chi connectivity index (χ1v) is 4.33. The van der Waals surface area contributed by atoms with Gasteiger partial charge in [0.2, 0.25) is 0 Å². The fourth-order valence-electron chi connectivity index (χ4n) is 0.987. The van der Waals surface area contributed by atoms with Crippen LogP contribution in [0.4, 0.5) is 0 Å². The molecule has 0 aliphatic carbocycles. The molecule has 0 radical (unpaired) electrons. The lowest BCUT2D eigenvalue weighted by molar-refractivity contribution is 0.0697. The maximum absolute atomic E-state index is 10.6. The number of carboxylic acid groups (broad SMARTS) is 1. The van der Waals surface area contributed by atoms with Crippen LogP contribution in [0, 0.1) is 0 Å². The zero-order valence-corrected chi connectivity index (χ0v) is 8.21. The van der Waals surface area contributed by atoms with Gasteiger partial charge in [-0.3, -0.25) is 0 Å². The van der Waals surface area contributed by atoms with Crippen LogP contribution >= 0.6 is 0 Å². The second-order valence-electron chi connectivity index (χ2n) is 3.00. The Morgan fingerprint density at radius 2 is 1.93 bits per heavy atom. The largest absolute Gasteiger partial charge is 0.478 e. The number of nitrogens with zero attached hydrogens (tertiary/aromatic N) is 1. The minimum absolute atomic E-state index is 0.250. The van der Waals surface area contributed by atoms with E-state index in [4.69, 9.17) is 10.3 Å². The van der Waals surface area contributed by atoms with E-state index in [0.717, 1.165) is 5.56 Å². The molecule has 1 aromatic rings. The average molecular weight is 205 g/mol. The van der Waals surface area contributed by atoms with Crippen molar-refractivity contribution in [3.05, 3.63) is 41.5 Å². The summed E-state index contributed by atoms with van der Waals surface area (Å²) in [5.41, 5.74) is 1.58. The third-order valence-corrected chi connectivity index (χ3v) is 1.83. The first-order valence-electron chi connectivity index (χ1n) is 4.33. The highest BCUT2D eigenvalue weighted by Gasteiger charge is 1.99. The predicted molar refractivity (Wildman–Crippen MR) is 57.3 cm³/mol. The molecule has 0 atom stereocenters. The number of oxime groups is 1. The van der Waals surface area contributed by atoms with Gasteiger partial charge in [0, 0.05) is 0 Å². The van der Waals surface area contributed by atoms with E-state index >= 15 is 0 Å². The molecular weight excluding hydrogens is 194 g/mol. The van der Waals surface area contributed by atoms with Crippen LogP contribution in [0.1, 0.15) is 22.8 Å². The van der Waals surface area contributed by atoms with Gasteiger partial charge in [0.25, 0.3) is 0 Å². The van der Waals surface area contributed by atoms with E-state index in [9.17, 15) is 4.79 Å². The molecular formula is C11H11NO3. The summed E-state index contributed by atoms with van der Waals surface area (Å²) in [5, 5.41) is 20.0. The fraction of sp³-hybridized carbons (Fsp3) is 0.0909. The first kappa shape index (κ1) is 11.0. The van der Waals surface area contributed by atoms with Crippen molar-refractivity contribution in [2.45, 2.75) is 6.92 Å². The highest BCUT2D eigenvalue weighted by atomic mass is 16.4. The Morgan fingerprint density at radius 3 is 2.40 bits per heavy atom. The summed E-state index contributed by atoms with van der Waals surface area (Å²) in [6.07, 6.45) is 3.37. The van der Waals surface area contributed by atoms with Crippen LogP contribution in [-0.4, -0.2) is 22.0 Å². The van der Waals surface area contributed by atoms with Gasteiger partial charge in [0.1, 0.15) is 0 Å². The van der Waals surface area contributed by atoms with E-state index in [2.05, 4.69) is 5.16 Å². The van der Waals surface area contributed by atoms with E-state index in [0.29, 0.717) is 5.71 Å². The molecule has 4 nitrogen and oxygen atoms in total. The molecule has 0 bridgehead atoms. The molecule has 0 amide bonds. The van der Waals surface area contributed by atoms with Gasteiger partial charge >= 0.3 is 5.97 Å². The lowest BCUT2D eigenvalue weighted by Crippen LogP contribution is -1.94. The monoisotopic (exact) mass is 205 g/mol. The van der Waals surface area contributed by atoms with Gasteiger partial charge in [-0.15, -0.1) is 0 Å². The quantitative estimate of drug-likeness (QED) is 0.451. The second kappa shape index (κ2) is 4.95. The summed E-state index contributed by atoms with van der Waals surface area (Å²) in [4.78, 5) is 10.6. The van der Waals surface area contributed by atoms with Crippen molar-refractivity contribution in [1.29, 1.82) is 0 Å². The molecule has 0 aliphatic rings. The molecule has 0 spiro atoms. The number of benzene rings is 1. The molecule has 2 N–H and O–H groups in total. The molecule has 0 fully saturated rings. The lowest BCUT2D eigenvalue weighted by atomic mass is 10.1. The Kier molecular flexibility index (Phi) is 3.62. The van der Waals surface area contributed by atoms with E-state index in [1.54, 1.807) is 31.2 Å². The third kappa shape index (κ3) is 3.27. The van der Waals surface area contributed by atoms with Crippen LogP contribution in [-0.2, 0) is 0 Å². The Balaban J connectivity index is 2.81. The molecule has 78 valence electrons. The molecule has 0 unspecified atom stereocenters. The topological polar surface area (TPSA) is 69.9 Å². The van der Waals surface area contributed by atoms with Crippen molar-refractivity contribution >= 4 is 17.8 Å². The van der Waals surface area contributed by atoms with Crippen molar-refractivity contribution in [3.8, 4) is 0 Å². The van der Waals surface area contributed by atoms with E-state index < -0.39 is 5.97 Å². The zero-order valence-electron chi connectivity index (χ0n) is 8.21. The Labute approximate surface area is 87.2 Å². The first-order chi connectivity index (χ1) is 7.13. The van der Waals surface area contributed by atoms with Crippen LogP contribution in [0.15, 0.2) is 35.5 Å². The van der Waals surface area contributed by atoms with E-state index in [1.165, 1.54) is 12.1 Å². The van der Waals surface area contributed by atoms with Crippen molar-refractivity contribution in [2.75, 3.05) is 0 Å². The minimum Gasteiger partial charge on any atom is -0.478 e. The van der Waals surface area contributed by atoms with Gasteiger partial charge in [-0.05, 0) is 30.7 Å². The van der Waals surface area contributed by atoms with E-state index in [1.807, 2.05) is 0 Å². The predicted octanol–water partition coefficient (Wildman–Crippen LogP) is 2.25. The summed E-state index contributed by atoms with van der Waals surface area (Å²) < 4.78 is 0. The zero-order chi connectivity index (χ0) is 11.3. The SMILES string of the molecule is CC(/C=C/c1ccc(C(=O)O)cc1)=N\O. The van der Waals surface area contributed by atoms with Gasteiger partial charge in [-0.25, -0.2) is 4.79 Å². The molecule has 15 heavy (non-hydrogen) atoms. The van der Waals surface area contributed by atoms with Crippen molar-refractivity contribution in [1.82, 2.24) is 0 Å². The smallest absolute Gasteiger partial charge is 0.335 e. The minimum atomic E-state index is -0.946. The van der Waals surface area contributed by atoms with Gasteiger partial charge in [0.05, 0.1) is 11.3 Å². The number of aromatic carboxylic acids is 1. The number of carboxylic acids is 1. The summed E-state index contributed by atoms with van der Waals surface area (Å²) in [6.45, 7) is 1.65. The standard InChI is InChI=1S/C11H11NO3/c1-8(12-15)2-3-9-4-6-10(7-5-9)11(13)14/h2-7,15H,1H3,(H,13,14)/b3-2+,12-8+. The van der Waals surface area contributed by atoms with Crippen molar-refractivity contribution in [2.24, 2.45) is 5.16 Å². The van der Waals surface area contributed by atoms with Gasteiger partial charge in [-0.1, -0.05) is 23.4 Å². The highest BCUT2D eigenvalue weighted by molar-refractivity contribution is 5.96. The normalized spacial score (nSPS) is 11.9. The van der Waals surface area contributed by atoms with Crippen molar-refractivity contribution < 1.29 is 15.1 Å². The van der Waals surface area contributed by atoms with Crippen LogP contribution in [0.25, 0.3) is 6.08 Å². The Bertz CT molecular complexity index is 404. The highest BCUT2D eigenvalue weighted by Crippen LogP contribution is 2.06. The third-order valence-electron chi connectivity index (χ3n) is 1.83. The number of rotatable bonds is 3. The van der Waals surface area contributed by atoms with Crippen molar-refractivity contribution in [3.63, 3.8) is 0 Å². The molecule has 0 saturated heterocycles. The van der Waals surface area contributed by atoms with Crippen LogP contribution < -0.4 is 0 Å². The number of hydrogen-bond donors (Lipinski definition) is 2. The lowest BCUT2D eigenvalue weighted by Gasteiger charge is -1.95. The second-order valence-corrected chi connectivity index (χ2v) is 3.00. The molecule has 1 rings (SSSR count). The van der Waals surface area contributed by atoms with Crippen LogP contribution in [0.2, 0.25) is 0 Å². The fourth-order valence-corrected chi connectivity index (χ4v) is 0.987. The average Bonchev–Trinajstić information content (AvgIpc) is 2.26. The van der Waals surface area contributed by atoms with Crippen LogP contribution in [0.5, 0.6) is 0 Å². The Hall–Kier alpha value is -2.10. The number of allylic oxidation sites excluding steroid dienone is 1. The number of hydrogen-bond acceptors (Lipinski definition) is 3. The van der Waals surface area contributed by atoms with Crippen LogP contribution in [0.3, 0.4) is 0 Å². The number of carbonyl (C=O) groups is 1. The summed E-state index contributed by atoms with van der Waals surface area (Å²) >= 11 is 0. The summed E-state index contributed by atoms with van der Waals surface area (Å²) in [7, 11) is 0. The molecule has 4 heteroatoms. The molecule has 0 aromatic heterocycles. The molecule has 0 heterocycles. The van der Waals surface area contributed by atoms with E-state index in [-0.39, 0.29) is 5.56 Å². The summed E-state index contributed by atoms with van der Waals surface area (Å²) in [5.74, 6) is -0.946. The summed E-state index contributed by atoms with van der Waals surface area (Å²) in [6, 6.07) is 6.41. The molecule has 1 aromatic carbocycles. The van der Waals surface area contributed by atoms with Gasteiger partial charge in [-0.2, -0.15) is 0 Å². The molecule has 0 saturated carbocycles. The maximum Gasteiger partial charge on any atom is 0.335 e.